The first-order valence-corrected chi connectivity index (χ1v) is 8.14. The monoisotopic (exact) mass is 338 g/mol. The van der Waals surface area contributed by atoms with Crippen molar-refractivity contribution in [3.8, 4) is 0 Å². The van der Waals surface area contributed by atoms with Crippen molar-refractivity contribution in [3.63, 3.8) is 0 Å². The summed E-state index contributed by atoms with van der Waals surface area (Å²) in [5.41, 5.74) is 1.70. The van der Waals surface area contributed by atoms with Crippen molar-refractivity contribution in [2.75, 3.05) is 18.9 Å². The van der Waals surface area contributed by atoms with Crippen LogP contribution in [-0.2, 0) is 0 Å². The highest BCUT2D eigenvalue weighted by Gasteiger charge is 2.33. The van der Waals surface area contributed by atoms with E-state index < -0.39 is 4.92 Å². The number of anilines is 1. The maximum absolute atomic E-state index is 11.1. The number of nitro groups is 1. The van der Waals surface area contributed by atoms with Gasteiger partial charge in [-0.2, -0.15) is 0 Å². The summed E-state index contributed by atoms with van der Waals surface area (Å²) in [6.45, 7) is 0.977. The molecule has 8 nitrogen and oxygen atoms in total. The van der Waals surface area contributed by atoms with Crippen molar-refractivity contribution < 1.29 is 4.92 Å². The summed E-state index contributed by atoms with van der Waals surface area (Å²) in [7, 11) is 2.11. The molecule has 3 aromatic rings. The Bertz CT molecular complexity index is 910. The van der Waals surface area contributed by atoms with E-state index >= 15 is 0 Å². The zero-order chi connectivity index (χ0) is 17.4. The molecule has 25 heavy (non-hydrogen) atoms. The Kier molecular flexibility index (Phi) is 3.81. The molecule has 2 aromatic heterocycles. The molecule has 2 atom stereocenters. The largest absolute Gasteiger partial charge is 0.368 e. The number of likely N-dealkylation sites (N-methyl/N-ethyl adjacent to an activating group) is 1. The summed E-state index contributed by atoms with van der Waals surface area (Å²) in [6.07, 6.45) is 2.20. The molecule has 0 radical (unpaired) electrons. The highest BCUT2D eigenvalue weighted by Crippen LogP contribution is 2.32. The number of nitrogens with one attached hydrogen (secondary N) is 1. The molecule has 0 amide bonds. The molecule has 1 saturated heterocycles. The second-order valence-corrected chi connectivity index (χ2v) is 6.24. The Morgan fingerprint density at radius 2 is 2.04 bits per heavy atom. The van der Waals surface area contributed by atoms with E-state index in [9.17, 15) is 10.1 Å². The molecule has 4 rings (SSSR count). The molecule has 0 bridgehead atoms. The quantitative estimate of drug-likeness (QED) is 0.581. The Morgan fingerprint density at radius 3 is 2.80 bits per heavy atom. The average Bonchev–Trinajstić information content (AvgIpc) is 3.19. The molecule has 1 aliphatic heterocycles. The van der Waals surface area contributed by atoms with Gasteiger partial charge in [-0.3, -0.25) is 4.90 Å². The van der Waals surface area contributed by atoms with Crippen molar-refractivity contribution >= 4 is 17.3 Å². The first kappa shape index (κ1) is 15.5. The second kappa shape index (κ2) is 6.14. The molecule has 0 saturated carbocycles. The Morgan fingerprint density at radius 1 is 1.24 bits per heavy atom. The van der Waals surface area contributed by atoms with Crippen LogP contribution in [0.25, 0.3) is 5.65 Å². The van der Waals surface area contributed by atoms with Gasteiger partial charge in [0.2, 0.25) is 5.65 Å². The number of hydrogen-bond acceptors (Lipinski definition) is 6. The smallest absolute Gasteiger partial charge is 0.362 e. The van der Waals surface area contributed by atoms with Crippen molar-refractivity contribution in [1.29, 1.82) is 0 Å². The number of benzene rings is 1. The number of hydrogen-bond donors (Lipinski definition) is 1. The predicted octanol–water partition coefficient (Wildman–Crippen LogP) is 2.49. The van der Waals surface area contributed by atoms with Gasteiger partial charge in [-0.1, -0.05) is 39.9 Å². The minimum Gasteiger partial charge on any atom is -0.362 e. The van der Waals surface area contributed by atoms with Crippen LogP contribution in [0.4, 0.5) is 11.6 Å². The fraction of sp³-hybridized carbons (Fsp3) is 0.294. The van der Waals surface area contributed by atoms with Crippen LogP contribution in [0.15, 0.2) is 48.7 Å². The lowest BCUT2D eigenvalue weighted by molar-refractivity contribution is -0.391. The van der Waals surface area contributed by atoms with Gasteiger partial charge < -0.3 is 15.4 Å². The third-order valence-electron chi connectivity index (χ3n) is 4.65. The molecule has 1 aliphatic rings. The van der Waals surface area contributed by atoms with Crippen LogP contribution in [0, 0.1) is 10.1 Å². The van der Waals surface area contributed by atoms with E-state index in [4.69, 9.17) is 0 Å². The van der Waals surface area contributed by atoms with E-state index in [1.54, 1.807) is 6.07 Å². The third-order valence-corrected chi connectivity index (χ3v) is 4.65. The SMILES string of the molecule is CN1CC[C@@H](Nc2ccc3ncc([N+](=O)[O-])n3n2)[C@@H]1c1ccccc1. The van der Waals surface area contributed by atoms with Crippen LogP contribution in [0.1, 0.15) is 18.0 Å². The van der Waals surface area contributed by atoms with Crippen LogP contribution in [0.5, 0.6) is 0 Å². The van der Waals surface area contributed by atoms with Crippen molar-refractivity contribution in [2.45, 2.75) is 18.5 Å². The number of likely N-dealkylation sites (tertiary alicyclic amines) is 1. The molecule has 1 aromatic carbocycles. The number of aromatic nitrogens is 3. The standard InChI is InChI=1S/C17H18N6O2/c1-21-10-9-13(17(21)12-5-3-2-4-6-12)19-14-7-8-15-18-11-16(23(24)25)22(15)20-14/h2-8,11,13,17H,9-10H2,1H3,(H,19,20)/t13-,17+/m1/s1. The molecule has 1 N–H and O–H groups in total. The van der Waals surface area contributed by atoms with Gasteiger partial charge in [-0.05, 0) is 30.0 Å². The summed E-state index contributed by atoms with van der Waals surface area (Å²) in [5, 5.41) is 18.9. The first-order chi connectivity index (χ1) is 12.1. The van der Waals surface area contributed by atoms with Gasteiger partial charge in [0.05, 0.1) is 6.04 Å². The van der Waals surface area contributed by atoms with Crippen molar-refractivity contribution in [2.24, 2.45) is 0 Å². The maximum atomic E-state index is 11.1. The molecule has 128 valence electrons. The van der Waals surface area contributed by atoms with Gasteiger partial charge in [0.25, 0.3) is 0 Å². The second-order valence-electron chi connectivity index (χ2n) is 6.24. The molecule has 1 fully saturated rings. The minimum atomic E-state index is -0.479. The van der Waals surface area contributed by atoms with Gasteiger partial charge in [-0.15, -0.1) is 0 Å². The van der Waals surface area contributed by atoms with E-state index in [2.05, 4.69) is 39.5 Å². The molecule has 3 heterocycles. The molecular formula is C17H18N6O2. The van der Waals surface area contributed by atoms with Crippen LogP contribution in [-0.4, -0.2) is 44.1 Å². The third kappa shape index (κ3) is 2.80. The zero-order valence-electron chi connectivity index (χ0n) is 13.7. The lowest BCUT2D eigenvalue weighted by Gasteiger charge is -2.26. The minimum absolute atomic E-state index is 0.137. The highest BCUT2D eigenvalue weighted by molar-refractivity contribution is 5.49. The Balaban J connectivity index is 1.64. The van der Waals surface area contributed by atoms with E-state index in [0.29, 0.717) is 11.5 Å². The normalized spacial score (nSPS) is 20.8. The summed E-state index contributed by atoms with van der Waals surface area (Å²) in [6, 6.07) is 14.3. The predicted molar refractivity (Wildman–Crippen MR) is 93.5 cm³/mol. The Labute approximate surface area is 144 Å². The van der Waals surface area contributed by atoms with Crippen LogP contribution in [0.3, 0.4) is 0 Å². The average molecular weight is 338 g/mol. The summed E-state index contributed by atoms with van der Waals surface area (Å²) < 4.78 is 1.26. The van der Waals surface area contributed by atoms with Crippen molar-refractivity contribution in [3.05, 3.63) is 64.3 Å². The highest BCUT2D eigenvalue weighted by atomic mass is 16.6. The van der Waals surface area contributed by atoms with E-state index in [0.717, 1.165) is 13.0 Å². The number of rotatable bonds is 4. The van der Waals surface area contributed by atoms with E-state index in [1.165, 1.54) is 16.3 Å². The fourth-order valence-corrected chi connectivity index (χ4v) is 3.49. The van der Waals surface area contributed by atoms with Gasteiger partial charge in [0.15, 0.2) is 5.82 Å². The first-order valence-electron chi connectivity index (χ1n) is 8.14. The summed E-state index contributed by atoms with van der Waals surface area (Å²) >= 11 is 0. The van der Waals surface area contributed by atoms with Crippen LogP contribution >= 0.6 is 0 Å². The van der Waals surface area contributed by atoms with Gasteiger partial charge in [-0.25, -0.2) is 4.98 Å². The number of fused-ring (bicyclic) bond motifs is 1. The van der Waals surface area contributed by atoms with Crippen molar-refractivity contribution in [1.82, 2.24) is 19.5 Å². The molecule has 0 aliphatic carbocycles. The number of imidazole rings is 1. The maximum Gasteiger partial charge on any atom is 0.368 e. The molecule has 0 unspecified atom stereocenters. The van der Waals surface area contributed by atoms with Gasteiger partial charge in [0, 0.05) is 18.7 Å². The lowest BCUT2D eigenvalue weighted by Crippen LogP contribution is -2.29. The lowest BCUT2D eigenvalue weighted by atomic mass is 10.0. The van der Waals surface area contributed by atoms with Crippen LogP contribution < -0.4 is 5.32 Å². The topological polar surface area (TPSA) is 88.6 Å². The zero-order valence-corrected chi connectivity index (χ0v) is 13.7. The number of nitrogens with zero attached hydrogens (tertiary/aromatic N) is 5. The van der Waals surface area contributed by atoms with Gasteiger partial charge >= 0.3 is 5.82 Å². The summed E-state index contributed by atoms with van der Waals surface area (Å²) in [4.78, 5) is 16.9. The van der Waals surface area contributed by atoms with Gasteiger partial charge in [0.1, 0.15) is 6.20 Å². The molecular weight excluding hydrogens is 320 g/mol. The summed E-state index contributed by atoms with van der Waals surface area (Å²) in [5.74, 6) is 0.469. The molecule has 8 heteroatoms. The van der Waals surface area contributed by atoms with E-state index in [1.807, 2.05) is 24.3 Å². The van der Waals surface area contributed by atoms with E-state index in [-0.39, 0.29) is 17.9 Å². The molecule has 0 spiro atoms. The fourth-order valence-electron chi connectivity index (χ4n) is 3.49. The van der Waals surface area contributed by atoms with Crippen LogP contribution in [0.2, 0.25) is 0 Å². The Hall–Kier alpha value is -3.00.